The smallest absolute Gasteiger partial charge is 0 e. The van der Waals surface area contributed by atoms with Crippen molar-refractivity contribution in [3.8, 4) is 0 Å². The summed E-state index contributed by atoms with van der Waals surface area (Å²) in [6, 6.07) is 0. The van der Waals surface area contributed by atoms with Crippen molar-refractivity contribution in [1.29, 1.82) is 0 Å². The number of hydrogen-bond donors (Lipinski definition) is 0. The van der Waals surface area contributed by atoms with Gasteiger partial charge in [-0.2, -0.15) is 0 Å². The van der Waals surface area contributed by atoms with E-state index in [-0.39, 0.29) is 103 Å². The summed E-state index contributed by atoms with van der Waals surface area (Å²) in [4.78, 5) is 0. The molecule has 0 aliphatic carbocycles. The molecule has 0 heterocycles. The van der Waals surface area contributed by atoms with Crippen LogP contribution in [-0.2, 0) is 51.2 Å². The molecule has 0 aliphatic heterocycles. The molecular weight excluding hydrogens is 213 g/mol. The fraction of sp³-hybridized carbons (Fsp3) is 0. The van der Waals surface area contributed by atoms with E-state index in [9.17, 15) is 0 Å². The fourth-order valence-corrected chi connectivity index (χ4v) is 0. The van der Waals surface area contributed by atoms with Crippen LogP contribution in [0.25, 0.3) is 0 Å². The van der Waals surface area contributed by atoms with Gasteiger partial charge in [-0.15, -0.1) is 0 Å². The number of hydrogen-bond acceptors (Lipinski definition) is 0. The molecule has 0 saturated carbocycles. The second-order valence-corrected chi connectivity index (χ2v) is 0. The van der Waals surface area contributed by atoms with Crippen LogP contribution >= 0.6 is 0 Å². The largest absolute Gasteiger partial charge is 0 e. The SMILES string of the molecule is [Cu].[Fe].[K].[Mn]. The molecule has 0 spiro atoms. The van der Waals surface area contributed by atoms with Gasteiger partial charge in [0.25, 0.3) is 0 Å². The molecule has 0 atom stereocenters. The molecule has 3 radical (unpaired) electrons. The van der Waals surface area contributed by atoms with Crippen molar-refractivity contribution in [3.63, 3.8) is 0 Å². The van der Waals surface area contributed by atoms with Crippen molar-refractivity contribution >= 4 is 51.4 Å². The summed E-state index contributed by atoms with van der Waals surface area (Å²) >= 11 is 0. The molecule has 0 aromatic carbocycles. The fourth-order valence-electron chi connectivity index (χ4n) is 0. The van der Waals surface area contributed by atoms with Gasteiger partial charge in [-0.25, -0.2) is 0 Å². The molecule has 0 bridgehead atoms. The Bertz CT molecular complexity index is 8.00. The van der Waals surface area contributed by atoms with Gasteiger partial charge in [-0.1, -0.05) is 0 Å². The van der Waals surface area contributed by atoms with E-state index in [0.717, 1.165) is 0 Å². The van der Waals surface area contributed by atoms with Crippen LogP contribution in [0.1, 0.15) is 0 Å². The summed E-state index contributed by atoms with van der Waals surface area (Å²) in [6.07, 6.45) is 0. The topological polar surface area (TPSA) is 0 Å². The first-order chi connectivity index (χ1) is 0. The van der Waals surface area contributed by atoms with Crippen LogP contribution in [-0.4, -0.2) is 51.4 Å². The maximum absolute atomic E-state index is 0. The van der Waals surface area contributed by atoms with E-state index in [2.05, 4.69) is 0 Å². The van der Waals surface area contributed by atoms with E-state index in [4.69, 9.17) is 0 Å². The zero-order chi connectivity index (χ0) is 0. The van der Waals surface area contributed by atoms with Gasteiger partial charge in [-0.3, -0.25) is 0 Å². The average Bonchev–Trinajstić information content (AvgIpc) is 0. The summed E-state index contributed by atoms with van der Waals surface area (Å²) < 4.78 is 0. The standard InChI is InChI=1S/Cu.Fe.K.Mn. The Morgan fingerprint density at radius 2 is 1.00 bits per heavy atom. The quantitative estimate of drug-likeness (QED) is 0.481. The Labute approximate surface area is 100 Å². The average molecular weight is 213 g/mol. The van der Waals surface area contributed by atoms with Crippen LogP contribution in [0, 0.1) is 0 Å². The van der Waals surface area contributed by atoms with Gasteiger partial charge in [0.1, 0.15) is 0 Å². The molecule has 0 amide bonds. The van der Waals surface area contributed by atoms with Gasteiger partial charge in [0.05, 0.1) is 0 Å². The molecule has 0 nitrogen and oxygen atoms in total. The van der Waals surface area contributed by atoms with Crippen LogP contribution in [0.15, 0.2) is 0 Å². The summed E-state index contributed by atoms with van der Waals surface area (Å²) in [5.41, 5.74) is 0. The van der Waals surface area contributed by atoms with Crippen molar-refractivity contribution in [2.45, 2.75) is 0 Å². The first kappa shape index (κ1) is 27.1. The molecular formula is CuFeKMn. The molecule has 4 heteroatoms. The van der Waals surface area contributed by atoms with Crippen LogP contribution < -0.4 is 0 Å². The Kier molecular flexibility index (Phi) is 111. The summed E-state index contributed by atoms with van der Waals surface area (Å²) in [5, 5.41) is 0. The summed E-state index contributed by atoms with van der Waals surface area (Å²) in [5.74, 6) is 0. The molecule has 0 fully saturated rings. The Hall–Kier alpha value is 3.19. The molecule has 0 aromatic rings. The summed E-state index contributed by atoms with van der Waals surface area (Å²) in [7, 11) is 0. The van der Waals surface area contributed by atoms with Crippen molar-refractivity contribution < 1.29 is 51.2 Å². The van der Waals surface area contributed by atoms with Gasteiger partial charge < -0.3 is 0 Å². The van der Waals surface area contributed by atoms with Crippen molar-refractivity contribution in [3.05, 3.63) is 0 Å². The molecule has 0 saturated heterocycles. The van der Waals surface area contributed by atoms with Crippen molar-refractivity contribution in [2.75, 3.05) is 0 Å². The minimum atomic E-state index is 0. The summed E-state index contributed by atoms with van der Waals surface area (Å²) in [6.45, 7) is 0. The number of rotatable bonds is 0. The predicted molar refractivity (Wildman–Crippen MR) is 5.75 cm³/mol. The predicted octanol–water partition coefficient (Wildman–Crippen LogP) is -0.388. The molecule has 0 unspecified atom stereocenters. The van der Waals surface area contributed by atoms with E-state index >= 15 is 0 Å². The van der Waals surface area contributed by atoms with Gasteiger partial charge in [0.2, 0.25) is 0 Å². The third-order valence-electron chi connectivity index (χ3n) is 0. The van der Waals surface area contributed by atoms with Crippen LogP contribution in [0.3, 0.4) is 0 Å². The van der Waals surface area contributed by atoms with Crippen molar-refractivity contribution in [1.82, 2.24) is 0 Å². The molecule has 27 valence electrons. The Morgan fingerprint density at radius 3 is 1.00 bits per heavy atom. The van der Waals surface area contributed by atoms with Gasteiger partial charge in [-0.05, 0) is 0 Å². The second-order valence-electron chi connectivity index (χ2n) is 0. The molecule has 0 aliphatic rings. The Balaban J connectivity index is 0. The van der Waals surface area contributed by atoms with Crippen LogP contribution in [0.5, 0.6) is 0 Å². The van der Waals surface area contributed by atoms with E-state index in [1.165, 1.54) is 0 Å². The van der Waals surface area contributed by atoms with Gasteiger partial charge >= 0.3 is 0 Å². The molecule has 0 aromatic heterocycles. The van der Waals surface area contributed by atoms with E-state index in [1.807, 2.05) is 0 Å². The maximum atomic E-state index is 0. The first-order valence-electron chi connectivity index (χ1n) is 0. The third kappa shape index (κ3) is 8.96. The van der Waals surface area contributed by atoms with E-state index in [0.29, 0.717) is 0 Å². The maximum Gasteiger partial charge on any atom is 0 e. The first-order valence-corrected chi connectivity index (χ1v) is 0. The normalized spacial score (nSPS) is 0. The molecule has 4 heavy (non-hydrogen) atoms. The Morgan fingerprint density at radius 1 is 1.00 bits per heavy atom. The van der Waals surface area contributed by atoms with Crippen molar-refractivity contribution in [2.24, 2.45) is 0 Å². The third-order valence-corrected chi connectivity index (χ3v) is 0. The molecule has 0 rings (SSSR count). The zero-order valence-electron chi connectivity index (χ0n) is 2.03. The second kappa shape index (κ2) is 16.4. The molecule has 0 N–H and O–H groups in total. The minimum Gasteiger partial charge on any atom is 0 e. The van der Waals surface area contributed by atoms with Gasteiger partial charge in [0.15, 0.2) is 0 Å². The monoisotopic (exact) mass is 213 g/mol. The minimum absolute atomic E-state index is 0. The van der Waals surface area contributed by atoms with Crippen LogP contribution in [0.2, 0.25) is 0 Å². The van der Waals surface area contributed by atoms with E-state index in [1.54, 1.807) is 0 Å². The zero-order valence-corrected chi connectivity index (χ0v) is 8.38. The van der Waals surface area contributed by atoms with Crippen LogP contribution in [0.4, 0.5) is 0 Å². The van der Waals surface area contributed by atoms with Gasteiger partial charge in [0, 0.05) is 103 Å². The van der Waals surface area contributed by atoms with E-state index < -0.39 is 0 Å².